The molecule has 36 heavy (non-hydrogen) atoms. The number of nitrogens with zero attached hydrogens (tertiary/aromatic N) is 6. The van der Waals surface area contributed by atoms with E-state index in [1.54, 1.807) is 0 Å². The van der Waals surface area contributed by atoms with Gasteiger partial charge in [-0.25, -0.2) is 9.83 Å². The van der Waals surface area contributed by atoms with Gasteiger partial charge in [0.25, 0.3) is 5.91 Å². The van der Waals surface area contributed by atoms with Gasteiger partial charge in [-0.1, -0.05) is 24.3 Å². The second kappa shape index (κ2) is 8.81. The summed E-state index contributed by atoms with van der Waals surface area (Å²) in [5.74, 6) is 1.52. The summed E-state index contributed by atoms with van der Waals surface area (Å²) in [5, 5.41) is 0. The van der Waals surface area contributed by atoms with Gasteiger partial charge in [-0.05, 0) is 61.8 Å². The average Bonchev–Trinajstić information content (AvgIpc) is 3.62. The number of carbonyl (C=O) groups excluding carboxylic acids is 1. The fourth-order valence-electron chi connectivity index (χ4n) is 5.53. The number of rotatable bonds is 4. The zero-order chi connectivity index (χ0) is 24.8. The van der Waals surface area contributed by atoms with Crippen LogP contribution in [0.25, 0.3) is 33.2 Å². The van der Waals surface area contributed by atoms with Gasteiger partial charge < -0.3 is 14.4 Å². The summed E-state index contributed by atoms with van der Waals surface area (Å²) in [5.41, 5.74) is 6.69. The first kappa shape index (κ1) is 22.3. The van der Waals surface area contributed by atoms with E-state index < -0.39 is 0 Å². The highest BCUT2D eigenvalue weighted by molar-refractivity contribution is 5.95. The van der Waals surface area contributed by atoms with Crippen LogP contribution < -0.4 is 0 Å². The maximum absolute atomic E-state index is 13.4. The molecule has 2 aromatic carbocycles. The molecule has 180 valence electrons. The van der Waals surface area contributed by atoms with Crippen molar-refractivity contribution in [3.8, 4) is 28.3 Å². The third kappa shape index (κ3) is 3.90. The Balaban J connectivity index is 1.33. The van der Waals surface area contributed by atoms with Crippen molar-refractivity contribution < 1.29 is 4.79 Å². The second-order valence-corrected chi connectivity index (χ2v) is 10.0. The fraction of sp³-hybridized carbons (Fsp3) is 0.276. The number of aromatic nitrogens is 3. The molecule has 0 radical (unpaired) electrons. The molecule has 4 heterocycles. The zero-order valence-electron chi connectivity index (χ0n) is 20.6. The Bertz CT molecular complexity index is 1490. The van der Waals surface area contributed by atoms with Crippen LogP contribution in [0, 0.1) is 12.5 Å². The number of benzene rings is 2. The predicted octanol–water partition coefficient (Wildman–Crippen LogP) is 4.94. The number of imidazole rings is 1. The fourth-order valence-corrected chi connectivity index (χ4v) is 5.53. The van der Waals surface area contributed by atoms with Gasteiger partial charge in [0.1, 0.15) is 0 Å². The highest BCUT2D eigenvalue weighted by Crippen LogP contribution is 2.35. The van der Waals surface area contributed by atoms with Gasteiger partial charge in [0.2, 0.25) is 0 Å². The van der Waals surface area contributed by atoms with E-state index in [2.05, 4.69) is 62.4 Å². The summed E-state index contributed by atoms with van der Waals surface area (Å²) < 4.78 is 4.32. The third-order valence-electron chi connectivity index (χ3n) is 7.22. The van der Waals surface area contributed by atoms with E-state index in [-0.39, 0.29) is 5.91 Å². The van der Waals surface area contributed by atoms with Gasteiger partial charge in [0, 0.05) is 55.9 Å². The number of fused-ring (bicyclic) bond motifs is 5. The molecule has 0 aliphatic carbocycles. The summed E-state index contributed by atoms with van der Waals surface area (Å²) in [6.07, 6.45) is 6.99. The first-order chi connectivity index (χ1) is 17.5. The maximum atomic E-state index is 13.4. The molecule has 2 aliphatic heterocycles. The minimum Gasteiger partial charge on any atom is -0.340 e. The Morgan fingerprint density at radius 1 is 1.14 bits per heavy atom. The summed E-state index contributed by atoms with van der Waals surface area (Å²) in [6, 6.07) is 15.9. The lowest BCUT2D eigenvalue weighted by molar-refractivity contribution is 0.0785. The topological polar surface area (TPSA) is 50.7 Å². The Hall–Kier alpha value is -4.15. The standard InChI is InChI=1S/C29H28N6O/c1-30-25-7-4-21(5-8-25)23-15-27-28-31-11-13-35(28)26-9-6-22(14-24(26)19-34(27)18-23)29(36)33-12-10-20(17-33)16-32(2)3/h4-9,11,13-15,18,20H,10,12,16-17,19H2,2-3H3. The largest absolute Gasteiger partial charge is 0.340 e. The van der Waals surface area contributed by atoms with Crippen LogP contribution in [0.15, 0.2) is 67.1 Å². The normalized spacial score (nSPS) is 16.3. The van der Waals surface area contributed by atoms with E-state index >= 15 is 0 Å². The molecule has 7 heteroatoms. The minimum absolute atomic E-state index is 0.113. The van der Waals surface area contributed by atoms with E-state index in [4.69, 9.17) is 6.57 Å². The SMILES string of the molecule is [C-]#[N+]c1ccc(-c2cc3n(c2)Cc2cc(C(=O)N4CCC(CN(C)C)C4)ccc2-n2ccnc2-3)cc1. The van der Waals surface area contributed by atoms with Crippen LogP contribution in [0.3, 0.4) is 0 Å². The van der Waals surface area contributed by atoms with Crippen molar-refractivity contribution in [2.75, 3.05) is 33.7 Å². The van der Waals surface area contributed by atoms with Crippen LogP contribution in [0.5, 0.6) is 0 Å². The van der Waals surface area contributed by atoms with Crippen molar-refractivity contribution in [3.05, 3.63) is 89.7 Å². The molecule has 1 fully saturated rings. The van der Waals surface area contributed by atoms with Crippen molar-refractivity contribution in [1.82, 2.24) is 23.9 Å². The molecular formula is C29H28N6O. The first-order valence-corrected chi connectivity index (χ1v) is 12.3. The maximum Gasteiger partial charge on any atom is 0.253 e. The lowest BCUT2D eigenvalue weighted by Gasteiger charge is -2.19. The van der Waals surface area contributed by atoms with Crippen molar-refractivity contribution in [1.29, 1.82) is 0 Å². The van der Waals surface area contributed by atoms with Crippen molar-refractivity contribution >= 4 is 11.6 Å². The number of hydrogen-bond acceptors (Lipinski definition) is 3. The van der Waals surface area contributed by atoms with E-state index in [1.165, 1.54) is 0 Å². The summed E-state index contributed by atoms with van der Waals surface area (Å²) >= 11 is 0. The molecule has 2 aliphatic rings. The Labute approximate surface area is 211 Å². The Morgan fingerprint density at radius 3 is 2.75 bits per heavy atom. The number of likely N-dealkylation sites (tertiary alicyclic amines) is 1. The van der Waals surface area contributed by atoms with Crippen LogP contribution in [0.4, 0.5) is 5.69 Å². The molecule has 6 rings (SSSR count). The van der Waals surface area contributed by atoms with Gasteiger partial charge in [-0.3, -0.25) is 9.36 Å². The quantitative estimate of drug-likeness (QED) is 0.345. The molecule has 1 atom stereocenters. The Kier molecular flexibility index (Phi) is 5.46. The zero-order valence-corrected chi connectivity index (χ0v) is 20.6. The van der Waals surface area contributed by atoms with Gasteiger partial charge in [-0.15, -0.1) is 0 Å². The van der Waals surface area contributed by atoms with Crippen LogP contribution in [-0.2, 0) is 6.54 Å². The summed E-state index contributed by atoms with van der Waals surface area (Å²) in [6.45, 7) is 10.5. The van der Waals surface area contributed by atoms with Crippen LogP contribution in [0.1, 0.15) is 22.3 Å². The Morgan fingerprint density at radius 2 is 1.97 bits per heavy atom. The average molecular weight is 477 g/mol. The minimum atomic E-state index is 0.113. The number of amides is 1. The molecular weight excluding hydrogens is 448 g/mol. The van der Waals surface area contributed by atoms with E-state index in [0.29, 0.717) is 18.2 Å². The molecule has 0 bridgehead atoms. The second-order valence-electron chi connectivity index (χ2n) is 10.0. The molecule has 0 spiro atoms. The van der Waals surface area contributed by atoms with Crippen LogP contribution >= 0.6 is 0 Å². The van der Waals surface area contributed by atoms with Gasteiger partial charge in [0.05, 0.1) is 18.0 Å². The van der Waals surface area contributed by atoms with E-state index in [9.17, 15) is 4.79 Å². The molecule has 4 aromatic rings. The first-order valence-electron chi connectivity index (χ1n) is 12.3. The molecule has 0 saturated carbocycles. The molecule has 7 nitrogen and oxygen atoms in total. The predicted molar refractivity (Wildman–Crippen MR) is 140 cm³/mol. The van der Waals surface area contributed by atoms with Gasteiger partial charge >= 0.3 is 0 Å². The van der Waals surface area contributed by atoms with Crippen LogP contribution in [-0.4, -0.2) is 63.6 Å². The molecule has 1 amide bonds. The number of carbonyl (C=O) groups is 1. The summed E-state index contributed by atoms with van der Waals surface area (Å²) in [7, 11) is 4.18. The van der Waals surface area contributed by atoms with Crippen molar-refractivity contribution in [2.45, 2.75) is 13.0 Å². The summed E-state index contributed by atoms with van der Waals surface area (Å²) in [4.78, 5) is 25.8. The van der Waals surface area contributed by atoms with E-state index in [1.807, 2.05) is 47.6 Å². The number of hydrogen-bond donors (Lipinski definition) is 0. The van der Waals surface area contributed by atoms with Crippen LogP contribution in [0.2, 0.25) is 0 Å². The van der Waals surface area contributed by atoms with Crippen molar-refractivity contribution in [3.63, 3.8) is 0 Å². The molecule has 1 unspecified atom stereocenters. The smallest absolute Gasteiger partial charge is 0.253 e. The monoisotopic (exact) mass is 476 g/mol. The molecule has 0 N–H and O–H groups in total. The highest BCUT2D eigenvalue weighted by Gasteiger charge is 2.28. The highest BCUT2D eigenvalue weighted by atomic mass is 16.2. The molecule has 2 aromatic heterocycles. The lowest BCUT2D eigenvalue weighted by atomic mass is 10.1. The van der Waals surface area contributed by atoms with E-state index in [0.717, 1.165) is 65.5 Å². The van der Waals surface area contributed by atoms with Gasteiger partial charge in [-0.2, -0.15) is 0 Å². The molecule has 1 saturated heterocycles. The van der Waals surface area contributed by atoms with Gasteiger partial charge in [0.15, 0.2) is 11.5 Å². The van der Waals surface area contributed by atoms with Crippen molar-refractivity contribution in [2.24, 2.45) is 5.92 Å². The third-order valence-corrected chi connectivity index (χ3v) is 7.22. The lowest BCUT2D eigenvalue weighted by Crippen LogP contribution is -2.30.